The number of nitrogens with zero attached hydrogens (tertiary/aromatic N) is 4. The van der Waals surface area contributed by atoms with Crippen LogP contribution in [0.5, 0.6) is 0 Å². The maximum absolute atomic E-state index is 13.1. The summed E-state index contributed by atoms with van der Waals surface area (Å²) in [5.74, 6) is 0.830. The SMILES string of the molecule is Cc1ccn2cc(C(=O)N3C[C@@H]4CC[C@H](C3)N(CC3CCC3)C4=O)nc2c1. The van der Waals surface area contributed by atoms with Gasteiger partial charge in [-0.05, 0) is 56.2 Å². The highest BCUT2D eigenvalue weighted by atomic mass is 16.2. The molecule has 4 fully saturated rings. The standard InChI is InChI=1S/C21H26N4O2/c1-14-7-8-23-13-18(22-19(23)9-14)21(27)24-11-16-5-6-17(12-24)25(20(16)26)10-15-3-2-4-15/h7-9,13,15-17H,2-6,10-12H2,1H3/t16-,17+/m0/s1. The fourth-order valence-electron chi connectivity index (χ4n) is 4.75. The number of aromatic nitrogens is 2. The Labute approximate surface area is 159 Å². The monoisotopic (exact) mass is 366 g/mol. The molecule has 2 bridgehead atoms. The third-order valence-electron chi connectivity index (χ3n) is 6.60. The quantitative estimate of drug-likeness (QED) is 0.839. The molecule has 27 heavy (non-hydrogen) atoms. The molecule has 1 saturated carbocycles. The highest BCUT2D eigenvalue weighted by Gasteiger charge is 2.43. The van der Waals surface area contributed by atoms with Gasteiger partial charge >= 0.3 is 0 Å². The van der Waals surface area contributed by atoms with Gasteiger partial charge in [-0.25, -0.2) is 4.98 Å². The molecule has 2 amide bonds. The van der Waals surface area contributed by atoms with Crippen molar-refractivity contribution in [2.45, 2.75) is 45.1 Å². The Morgan fingerprint density at radius 1 is 1.22 bits per heavy atom. The molecular weight excluding hydrogens is 340 g/mol. The normalized spacial score (nSPS) is 25.7. The Morgan fingerprint density at radius 3 is 2.85 bits per heavy atom. The van der Waals surface area contributed by atoms with E-state index in [1.165, 1.54) is 19.3 Å². The highest BCUT2D eigenvalue weighted by Crippen LogP contribution is 2.34. The lowest BCUT2D eigenvalue weighted by Gasteiger charge is -2.40. The van der Waals surface area contributed by atoms with Gasteiger partial charge in [0.1, 0.15) is 11.3 Å². The summed E-state index contributed by atoms with van der Waals surface area (Å²) in [5.41, 5.74) is 2.39. The minimum Gasteiger partial charge on any atom is -0.337 e. The lowest BCUT2D eigenvalue weighted by molar-refractivity contribution is -0.141. The van der Waals surface area contributed by atoms with Crippen LogP contribution in [0.25, 0.3) is 5.65 Å². The van der Waals surface area contributed by atoms with E-state index in [1.807, 2.05) is 34.6 Å². The number of amides is 2. The second-order valence-corrected chi connectivity index (χ2v) is 8.52. The molecule has 6 rings (SSSR count). The van der Waals surface area contributed by atoms with Gasteiger partial charge in [0.15, 0.2) is 0 Å². The Kier molecular flexibility index (Phi) is 3.95. The number of imidazole rings is 1. The van der Waals surface area contributed by atoms with Gasteiger partial charge in [-0.3, -0.25) is 9.59 Å². The average Bonchev–Trinajstić information content (AvgIpc) is 2.84. The lowest BCUT2D eigenvalue weighted by atomic mass is 9.83. The zero-order valence-corrected chi connectivity index (χ0v) is 15.8. The largest absolute Gasteiger partial charge is 0.337 e. The molecule has 2 atom stereocenters. The maximum atomic E-state index is 13.1. The van der Waals surface area contributed by atoms with Crippen LogP contribution in [0.1, 0.15) is 48.2 Å². The Bertz CT molecular complexity index is 901. The topological polar surface area (TPSA) is 57.9 Å². The Balaban J connectivity index is 1.38. The smallest absolute Gasteiger partial charge is 0.274 e. The Hall–Kier alpha value is -2.37. The van der Waals surface area contributed by atoms with Crippen molar-refractivity contribution < 1.29 is 9.59 Å². The second-order valence-electron chi connectivity index (χ2n) is 8.52. The van der Waals surface area contributed by atoms with Gasteiger partial charge in [0.05, 0.1) is 5.92 Å². The van der Waals surface area contributed by atoms with Crippen molar-refractivity contribution >= 4 is 17.5 Å². The van der Waals surface area contributed by atoms with E-state index < -0.39 is 0 Å². The number of rotatable bonds is 3. The molecule has 0 unspecified atom stereocenters. The first kappa shape index (κ1) is 16.8. The molecular formula is C21H26N4O2. The molecule has 6 nitrogen and oxygen atoms in total. The van der Waals surface area contributed by atoms with Gasteiger partial charge in [-0.15, -0.1) is 0 Å². The van der Waals surface area contributed by atoms with Crippen molar-refractivity contribution in [3.05, 3.63) is 35.8 Å². The van der Waals surface area contributed by atoms with Gasteiger partial charge in [0.25, 0.3) is 5.91 Å². The first-order valence-corrected chi connectivity index (χ1v) is 10.1. The molecule has 2 aromatic rings. The van der Waals surface area contributed by atoms with E-state index in [0.717, 1.165) is 30.6 Å². The van der Waals surface area contributed by atoms with Crippen LogP contribution in [-0.2, 0) is 4.79 Å². The van der Waals surface area contributed by atoms with Crippen molar-refractivity contribution in [1.82, 2.24) is 19.2 Å². The number of hydrogen-bond acceptors (Lipinski definition) is 3. The first-order chi connectivity index (χ1) is 13.1. The van der Waals surface area contributed by atoms with Crippen LogP contribution in [0.2, 0.25) is 0 Å². The third-order valence-corrected chi connectivity index (χ3v) is 6.60. The van der Waals surface area contributed by atoms with Gasteiger partial charge in [-0.2, -0.15) is 0 Å². The summed E-state index contributed by atoms with van der Waals surface area (Å²) in [6, 6.07) is 4.15. The van der Waals surface area contributed by atoms with Crippen molar-refractivity contribution in [2.24, 2.45) is 11.8 Å². The molecule has 0 aromatic carbocycles. The molecule has 3 aliphatic heterocycles. The molecule has 6 heteroatoms. The van der Waals surface area contributed by atoms with Crippen molar-refractivity contribution in [1.29, 1.82) is 0 Å². The number of pyridine rings is 1. The summed E-state index contributed by atoms with van der Waals surface area (Å²) < 4.78 is 1.89. The molecule has 1 aliphatic carbocycles. The number of piperidine rings is 1. The summed E-state index contributed by atoms with van der Waals surface area (Å²) in [6.07, 6.45) is 9.42. The van der Waals surface area contributed by atoms with Crippen LogP contribution in [0.4, 0.5) is 0 Å². The van der Waals surface area contributed by atoms with E-state index in [9.17, 15) is 9.59 Å². The summed E-state index contributed by atoms with van der Waals surface area (Å²) >= 11 is 0. The van der Waals surface area contributed by atoms with E-state index in [1.54, 1.807) is 6.20 Å². The summed E-state index contributed by atoms with van der Waals surface area (Å²) in [6.45, 7) is 4.07. The predicted octanol–water partition coefficient (Wildman–Crippen LogP) is 2.51. The highest BCUT2D eigenvalue weighted by molar-refractivity contribution is 5.94. The maximum Gasteiger partial charge on any atom is 0.274 e. The second kappa shape index (κ2) is 6.36. The van der Waals surface area contributed by atoms with Crippen LogP contribution < -0.4 is 0 Å². The van der Waals surface area contributed by atoms with Gasteiger partial charge in [0.2, 0.25) is 5.91 Å². The number of carbonyl (C=O) groups excluding carboxylic acids is 2. The van der Waals surface area contributed by atoms with E-state index in [4.69, 9.17) is 0 Å². The van der Waals surface area contributed by atoms with Crippen LogP contribution >= 0.6 is 0 Å². The van der Waals surface area contributed by atoms with Crippen LogP contribution in [0, 0.1) is 18.8 Å². The molecule has 142 valence electrons. The molecule has 3 saturated heterocycles. The van der Waals surface area contributed by atoms with Gasteiger partial charge in [0, 0.05) is 38.1 Å². The van der Waals surface area contributed by atoms with E-state index in [-0.39, 0.29) is 23.8 Å². The molecule has 2 aromatic heterocycles. The molecule has 0 spiro atoms. The summed E-state index contributed by atoms with van der Waals surface area (Å²) in [4.78, 5) is 34.6. The third kappa shape index (κ3) is 2.91. The van der Waals surface area contributed by atoms with Crippen LogP contribution in [0.15, 0.2) is 24.5 Å². The Morgan fingerprint density at radius 2 is 2.07 bits per heavy atom. The summed E-state index contributed by atoms with van der Waals surface area (Å²) in [7, 11) is 0. The van der Waals surface area contributed by atoms with Crippen molar-refractivity contribution in [3.63, 3.8) is 0 Å². The number of carbonyl (C=O) groups is 2. The molecule has 0 N–H and O–H groups in total. The van der Waals surface area contributed by atoms with Crippen LogP contribution in [-0.4, -0.2) is 56.7 Å². The van der Waals surface area contributed by atoms with E-state index >= 15 is 0 Å². The molecule has 4 aliphatic rings. The molecule has 5 heterocycles. The zero-order valence-electron chi connectivity index (χ0n) is 15.8. The number of hydrogen-bond donors (Lipinski definition) is 0. The fourth-order valence-corrected chi connectivity index (χ4v) is 4.75. The minimum absolute atomic E-state index is 0.0490. The predicted molar refractivity (Wildman–Crippen MR) is 101 cm³/mol. The van der Waals surface area contributed by atoms with E-state index in [0.29, 0.717) is 24.7 Å². The minimum atomic E-state index is -0.0495. The van der Waals surface area contributed by atoms with Gasteiger partial charge < -0.3 is 14.2 Å². The number of fused-ring (bicyclic) bond motifs is 5. The average molecular weight is 366 g/mol. The lowest BCUT2D eigenvalue weighted by Crippen LogP contribution is -2.50. The van der Waals surface area contributed by atoms with Crippen LogP contribution in [0.3, 0.4) is 0 Å². The zero-order chi connectivity index (χ0) is 18.5. The van der Waals surface area contributed by atoms with Crippen molar-refractivity contribution in [2.75, 3.05) is 19.6 Å². The van der Waals surface area contributed by atoms with Crippen molar-refractivity contribution in [3.8, 4) is 0 Å². The number of aryl methyl sites for hydroxylation is 1. The summed E-state index contributed by atoms with van der Waals surface area (Å²) in [5, 5.41) is 0. The fraction of sp³-hybridized carbons (Fsp3) is 0.571. The molecule has 0 radical (unpaired) electrons. The van der Waals surface area contributed by atoms with E-state index in [2.05, 4.69) is 9.88 Å². The van der Waals surface area contributed by atoms with Gasteiger partial charge in [-0.1, -0.05) is 6.42 Å². The first-order valence-electron chi connectivity index (χ1n) is 10.1.